The van der Waals surface area contributed by atoms with E-state index in [0.717, 1.165) is 39.1 Å². The molecule has 2 heterocycles. The third kappa shape index (κ3) is 4.84. The highest BCUT2D eigenvalue weighted by atomic mass is 16.5. The second-order valence-electron chi connectivity index (χ2n) is 9.60. The van der Waals surface area contributed by atoms with Crippen LogP contribution in [0.3, 0.4) is 0 Å². The highest BCUT2D eigenvalue weighted by Crippen LogP contribution is 2.42. The van der Waals surface area contributed by atoms with Crippen LogP contribution in [0, 0.1) is 6.92 Å². The maximum Gasteiger partial charge on any atom is 0.317 e. The average Bonchev–Trinajstić information content (AvgIpc) is 2.75. The van der Waals surface area contributed by atoms with Gasteiger partial charge in [-0.25, -0.2) is 4.79 Å². The van der Waals surface area contributed by atoms with Crippen LogP contribution in [0.25, 0.3) is 11.1 Å². The first-order valence-electron chi connectivity index (χ1n) is 11.9. The second kappa shape index (κ2) is 10.1. The van der Waals surface area contributed by atoms with Crippen LogP contribution >= 0.6 is 0 Å². The van der Waals surface area contributed by atoms with E-state index in [1.54, 1.807) is 7.11 Å². The van der Waals surface area contributed by atoms with Gasteiger partial charge in [-0.1, -0.05) is 54.1 Å². The van der Waals surface area contributed by atoms with Gasteiger partial charge in [0, 0.05) is 44.2 Å². The number of carbonyl (C=O) groups is 1. The molecule has 0 aromatic heterocycles. The average molecular weight is 436 g/mol. The quantitative estimate of drug-likeness (QED) is 0.743. The van der Waals surface area contributed by atoms with Crippen molar-refractivity contribution >= 4 is 6.03 Å². The fourth-order valence-electron chi connectivity index (χ4n) is 5.34. The normalized spacial score (nSPS) is 23.8. The van der Waals surface area contributed by atoms with E-state index in [9.17, 15) is 4.79 Å². The SMILES string of the molecule is COC[C@@H]1[C@@H](c2ccc(-c3cccc(C)c3)cc2)[C@@H]2CN(C(=O)NC(C)C)CCCCN12. The number of aryl methyl sites for hydroxylation is 1. The Bertz CT molecular complexity index is 911. The third-order valence-corrected chi connectivity index (χ3v) is 6.87. The van der Waals surface area contributed by atoms with Crippen molar-refractivity contribution in [2.24, 2.45) is 0 Å². The van der Waals surface area contributed by atoms with E-state index < -0.39 is 0 Å². The number of rotatable bonds is 5. The Labute approximate surface area is 192 Å². The number of ether oxygens (including phenoxy) is 1. The minimum atomic E-state index is 0.0607. The van der Waals surface area contributed by atoms with Gasteiger partial charge >= 0.3 is 6.03 Å². The maximum atomic E-state index is 12.8. The summed E-state index contributed by atoms with van der Waals surface area (Å²) in [6, 6.07) is 18.6. The lowest BCUT2D eigenvalue weighted by molar-refractivity contribution is -0.0668. The Morgan fingerprint density at radius 3 is 2.53 bits per heavy atom. The van der Waals surface area contributed by atoms with Crippen LogP contribution in [-0.2, 0) is 4.74 Å². The first-order valence-corrected chi connectivity index (χ1v) is 11.9. The molecule has 2 amide bonds. The highest BCUT2D eigenvalue weighted by Gasteiger charge is 2.49. The summed E-state index contributed by atoms with van der Waals surface area (Å²) < 4.78 is 5.62. The minimum absolute atomic E-state index is 0.0607. The van der Waals surface area contributed by atoms with Gasteiger partial charge in [-0.05, 0) is 56.8 Å². The summed E-state index contributed by atoms with van der Waals surface area (Å²) in [5.74, 6) is 0.369. The molecule has 0 aliphatic carbocycles. The standard InChI is InChI=1S/C27H37N3O2/c1-19(2)28-27(31)29-14-5-6-15-30-24(17-29)26(25(30)18-32-4)22-12-10-21(11-13-22)23-9-7-8-20(3)16-23/h7-13,16,19,24-26H,5-6,14-15,17-18H2,1-4H3,(H,28,31)/t24-,25+,26-/m0/s1. The van der Waals surface area contributed by atoms with E-state index >= 15 is 0 Å². The van der Waals surface area contributed by atoms with Gasteiger partial charge in [0.25, 0.3) is 0 Å². The van der Waals surface area contributed by atoms with Crippen LogP contribution < -0.4 is 5.32 Å². The molecule has 2 aromatic rings. The molecule has 2 saturated heterocycles. The van der Waals surface area contributed by atoms with Crippen molar-refractivity contribution in [1.82, 2.24) is 15.1 Å². The van der Waals surface area contributed by atoms with Crippen molar-refractivity contribution in [1.29, 1.82) is 0 Å². The van der Waals surface area contributed by atoms with Crippen LogP contribution in [0.2, 0.25) is 0 Å². The lowest BCUT2D eigenvalue weighted by Crippen LogP contribution is -2.68. The van der Waals surface area contributed by atoms with E-state index in [1.165, 1.54) is 22.3 Å². The van der Waals surface area contributed by atoms with Crippen molar-refractivity contribution in [2.45, 2.75) is 57.7 Å². The minimum Gasteiger partial charge on any atom is -0.383 e. The molecule has 1 N–H and O–H groups in total. The molecule has 0 bridgehead atoms. The number of nitrogens with zero attached hydrogens (tertiary/aromatic N) is 2. The summed E-state index contributed by atoms with van der Waals surface area (Å²) in [4.78, 5) is 17.4. The van der Waals surface area contributed by atoms with Crippen molar-refractivity contribution < 1.29 is 9.53 Å². The summed E-state index contributed by atoms with van der Waals surface area (Å²) in [6.45, 7) is 9.57. The number of amides is 2. The molecular formula is C27H37N3O2. The summed E-state index contributed by atoms with van der Waals surface area (Å²) >= 11 is 0. The molecule has 2 aliphatic heterocycles. The van der Waals surface area contributed by atoms with E-state index in [0.29, 0.717) is 18.0 Å². The first-order chi connectivity index (χ1) is 15.5. The van der Waals surface area contributed by atoms with Gasteiger partial charge in [-0.3, -0.25) is 4.90 Å². The molecule has 0 saturated carbocycles. The van der Waals surface area contributed by atoms with Crippen LogP contribution in [0.15, 0.2) is 48.5 Å². The van der Waals surface area contributed by atoms with Gasteiger partial charge in [0.05, 0.1) is 6.61 Å². The first kappa shape index (κ1) is 22.8. The Kier molecular flexibility index (Phi) is 7.17. The molecule has 0 spiro atoms. The molecule has 172 valence electrons. The number of fused-ring (bicyclic) bond motifs is 1. The molecule has 5 heteroatoms. The lowest BCUT2D eigenvalue weighted by Gasteiger charge is -2.57. The topological polar surface area (TPSA) is 44.8 Å². The van der Waals surface area contributed by atoms with Crippen LogP contribution in [0.1, 0.15) is 43.7 Å². The number of benzene rings is 2. The zero-order valence-electron chi connectivity index (χ0n) is 19.9. The molecule has 0 unspecified atom stereocenters. The predicted molar refractivity (Wildman–Crippen MR) is 130 cm³/mol. The Hall–Kier alpha value is -2.37. The zero-order chi connectivity index (χ0) is 22.7. The van der Waals surface area contributed by atoms with E-state index in [2.05, 4.69) is 65.7 Å². The van der Waals surface area contributed by atoms with Gasteiger partial charge in [-0.15, -0.1) is 0 Å². The van der Waals surface area contributed by atoms with Gasteiger partial charge < -0.3 is 15.0 Å². The van der Waals surface area contributed by atoms with Gasteiger partial charge in [0.15, 0.2) is 0 Å². The largest absolute Gasteiger partial charge is 0.383 e. The van der Waals surface area contributed by atoms with Crippen molar-refractivity contribution in [3.63, 3.8) is 0 Å². The number of hydrogen-bond donors (Lipinski definition) is 1. The van der Waals surface area contributed by atoms with E-state index in [4.69, 9.17) is 4.74 Å². The van der Waals surface area contributed by atoms with Crippen LogP contribution in [-0.4, -0.2) is 67.3 Å². The molecule has 2 aromatic carbocycles. The van der Waals surface area contributed by atoms with E-state index in [1.807, 2.05) is 18.7 Å². The molecule has 2 aliphatic rings. The molecular weight excluding hydrogens is 398 g/mol. The molecule has 3 atom stereocenters. The van der Waals surface area contributed by atoms with Crippen molar-refractivity contribution in [2.75, 3.05) is 33.4 Å². The number of methoxy groups -OCH3 is 1. The molecule has 2 fully saturated rings. The Morgan fingerprint density at radius 2 is 1.84 bits per heavy atom. The van der Waals surface area contributed by atoms with Crippen molar-refractivity contribution in [3.05, 3.63) is 59.7 Å². The summed E-state index contributed by atoms with van der Waals surface area (Å²) in [5.41, 5.74) is 5.11. The van der Waals surface area contributed by atoms with Gasteiger partial charge in [0.1, 0.15) is 0 Å². The molecule has 4 rings (SSSR count). The Balaban J connectivity index is 1.57. The maximum absolute atomic E-state index is 12.8. The molecule has 0 radical (unpaired) electrons. The molecule has 32 heavy (non-hydrogen) atoms. The zero-order valence-corrected chi connectivity index (χ0v) is 19.9. The van der Waals surface area contributed by atoms with Gasteiger partial charge in [-0.2, -0.15) is 0 Å². The monoisotopic (exact) mass is 435 g/mol. The van der Waals surface area contributed by atoms with Crippen molar-refractivity contribution in [3.8, 4) is 11.1 Å². The van der Waals surface area contributed by atoms with Gasteiger partial charge in [0.2, 0.25) is 0 Å². The number of carbonyl (C=O) groups excluding carboxylic acids is 1. The fraction of sp³-hybridized carbons (Fsp3) is 0.519. The lowest BCUT2D eigenvalue weighted by atomic mass is 9.74. The predicted octanol–water partition coefficient (Wildman–Crippen LogP) is 4.66. The summed E-state index contributed by atoms with van der Waals surface area (Å²) in [7, 11) is 1.79. The van der Waals surface area contributed by atoms with Crippen LogP contribution in [0.5, 0.6) is 0 Å². The summed E-state index contributed by atoms with van der Waals surface area (Å²) in [6.07, 6.45) is 2.16. The highest BCUT2D eigenvalue weighted by molar-refractivity contribution is 5.74. The molecule has 5 nitrogen and oxygen atoms in total. The third-order valence-electron chi connectivity index (χ3n) is 6.87. The summed E-state index contributed by atoms with van der Waals surface area (Å²) in [5, 5.41) is 3.09. The fourth-order valence-corrected chi connectivity index (χ4v) is 5.34. The van der Waals surface area contributed by atoms with Crippen LogP contribution in [0.4, 0.5) is 4.79 Å². The number of urea groups is 1. The smallest absolute Gasteiger partial charge is 0.317 e. The second-order valence-corrected chi connectivity index (χ2v) is 9.60. The number of hydrogen-bond acceptors (Lipinski definition) is 3. The Morgan fingerprint density at radius 1 is 1.09 bits per heavy atom. The van der Waals surface area contributed by atoms with E-state index in [-0.39, 0.29) is 12.1 Å². The number of nitrogens with one attached hydrogen (secondary N) is 1.